The van der Waals surface area contributed by atoms with Crippen molar-refractivity contribution >= 4 is 39.2 Å². The molecule has 2 aromatic heterocycles. The van der Waals surface area contributed by atoms with Crippen LogP contribution in [0.5, 0.6) is 0 Å². The number of hydrogen-bond acceptors (Lipinski definition) is 7. The molecule has 0 spiro atoms. The van der Waals surface area contributed by atoms with E-state index in [0.717, 1.165) is 110 Å². The number of nitrogens with zero attached hydrogens (tertiary/aromatic N) is 6. The molecule has 2 N–H and O–H groups in total. The fourth-order valence-electron chi connectivity index (χ4n) is 5.52. The summed E-state index contributed by atoms with van der Waals surface area (Å²) in [4.78, 5) is 25.8. The van der Waals surface area contributed by atoms with E-state index in [-0.39, 0.29) is 5.78 Å². The Labute approximate surface area is 239 Å². The zero-order valence-electron chi connectivity index (χ0n) is 25.4. The summed E-state index contributed by atoms with van der Waals surface area (Å²) in [5, 5.41) is 1.15. The number of carbonyl (C=O) groups excluding carboxylic acids is 1. The molecule has 1 aliphatic rings. The first-order valence-corrected chi connectivity index (χ1v) is 15.1. The van der Waals surface area contributed by atoms with Gasteiger partial charge in [0.25, 0.3) is 0 Å². The summed E-state index contributed by atoms with van der Waals surface area (Å²) >= 11 is 0. The lowest BCUT2D eigenvalue weighted by Gasteiger charge is -2.34. The Morgan fingerprint density at radius 2 is 1.82 bits per heavy atom. The highest BCUT2D eigenvalue weighted by Crippen LogP contribution is 2.32. The Morgan fingerprint density at radius 1 is 1.05 bits per heavy atom. The molecule has 3 heterocycles. The van der Waals surface area contributed by atoms with Crippen LogP contribution >= 0.6 is 0 Å². The molecule has 9 heteroatoms. The van der Waals surface area contributed by atoms with Crippen LogP contribution in [-0.4, -0.2) is 103 Å². The van der Waals surface area contributed by atoms with Gasteiger partial charge in [-0.15, -0.1) is 0 Å². The van der Waals surface area contributed by atoms with E-state index in [1.807, 2.05) is 0 Å². The van der Waals surface area contributed by atoms with Crippen LogP contribution in [0, 0.1) is 0 Å². The Bertz CT molecular complexity index is 1280. The van der Waals surface area contributed by atoms with E-state index >= 15 is 0 Å². The molecule has 0 aliphatic carbocycles. The van der Waals surface area contributed by atoms with Gasteiger partial charge in [-0.3, -0.25) is 4.79 Å². The van der Waals surface area contributed by atoms with Crippen molar-refractivity contribution in [3.8, 4) is 0 Å². The number of quaternary nitrogens is 1. The predicted molar refractivity (Wildman–Crippen MR) is 165 cm³/mol. The highest BCUT2D eigenvalue weighted by atomic mass is 16.5. The minimum Gasteiger partial charge on any atom is -0.382 e. The highest BCUT2D eigenvalue weighted by Gasteiger charge is 2.20. The van der Waals surface area contributed by atoms with Crippen molar-refractivity contribution in [2.24, 2.45) is 0 Å². The number of imidazole rings is 1. The number of benzene rings is 1. The molecule has 1 aromatic carbocycles. The monoisotopic (exact) mass is 552 g/mol. The summed E-state index contributed by atoms with van der Waals surface area (Å²) < 4.78 is 9.02. The van der Waals surface area contributed by atoms with Crippen molar-refractivity contribution in [3.05, 3.63) is 24.0 Å². The maximum atomic E-state index is 11.1. The van der Waals surface area contributed by atoms with E-state index < -0.39 is 0 Å². The first kappa shape index (κ1) is 30.2. The van der Waals surface area contributed by atoms with Crippen LogP contribution in [0.1, 0.15) is 51.8 Å². The summed E-state index contributed by atoms with van der Waals surface area (Å²) in [7, 11) is 6.70. The molecule has 1 fully saturated rings. The number of hydrogen-bond donors (Lipinski definition) is 1. The minimum absolute atomic E-state index is 0.181. The van der Waals surface area contributed by atoms with Gasteiger partial charge < -0.3 is 29.3 Å². The Hall–Kier alpha value is -2.75. The fourth-order valence-corrected chi connectivity index (χ4v) is 5.52. The van der Waals surface area contributed by atoms with Crippen LogP contribution in [0.3, 0.4) is 0 Å². The van der Waals surface area contributed by atoms with Gasteiger partial charge in [0.1, 0.15) is 23.7 Å². The van der Waals surface area contributed by atoms with E-state index in [9.17, 15) is 4.79 Å². The van der Waals surface area contributed by atoms with Crippen molar-refractivity contribution in [3.63, 3.8) is 0 Å². The van der Waals surface area contributed by atoms with Crippen LogP contribution in [0.2, 0.25) is 0 Å². The molecule has 3 aromatic rings. The summed E-state index contributed by atoms with van der Waals surface area (Å²) in [5.41, 5.74) is 10.7. The number of Topliss-reactive ketones (excluding diaryl/α,β-unsaturated/α-hetero) is 1. The molecule has 0 unspecified atom stereocenters. The molecule has 1 saturated heterocycles. The number of fused-ring (bicyclic) bond motifs is 3. The second-order valence-electron chi connectivity index (χ2n) is 12.1. The van der Waals surface area contributed by atoms with Gasteiger partial charge in [0.2, 0.25) is 0 Å². The predicted octanol–water partition coefficient (Wildman–Crippen LogP) is 4.11. The van der Waals surface area contributed by atoms with Gasteiger partial charge in [0, 0.05) is 56.6 Å². The molecule has 40 heavy (non-hydrogen) atoms. The van der Waals surface area contributed by atoms with Crippen molar-refractivity contribution in [2.75, 3.05) is 84.3 Å². The number of nitrogen functional groups attached to an aromatic ring is 1. The molecular formula is C31H50N7O2+. The van der Waals surface area contributed by atoms with E-state index in [0.29, 0.717) is 25.5 Å². The van der Waals surface area contributed by atoms with Crippen molar-refractivity contribution in [1.82, 2.24) is 19.4 Å². The van der Waals surface area contributed by atoms with E-state index in [1.165, 1.54) is 5.69 Å². The largest absolute Gasteiger partial charge is 0.382 e. The van der Waals surface area contributed by atoms with Gasteiger partial charge in [0.15, 0.2) is 5.82 Å². The smallest absolute Gasteiger partial charge is 0.152 e. The SMILES string of the molecule is CCCCc1nc2c(N)nc3ccc(N4CCN(C)CC4)cc3c2n1CCCC[N+](C)(C)CCOCCC(C)=O. The zero-order valence-corrected chi connectivity index (χ0v) is 25.4. The lowest BCUT2D eigenvalue weighted by atomic mass is 10.1. The number of ketones is 1. The van der Waals surface area contributed by atoms with Gasteiger partial charge in [-0.05, 0) is 51.4 Å². The molecule has 0 bridgehead atoms. The zero-order chi connectivity index (χ0) is 28.7. The second-order valence-corrected chi connectivity index (χ2v) is 12.1. The number of likely N-dealkylation sites (N-methyl/N-ethyl adjacent to an activating group) is 2. The van der Waals surface area contributed by atoms with Crippen LogP contribution < -0.4 is 10.6 Å². The molecule has 1 aliphatic heterocycles. The fraction of sp³-hybridized carbons (Fsp3) is 0.645. The number of ether oxygens (including phenoxy) is 1. The third-order valence-electron chi connectivity index (χ3n) is 8.22. The molecule has 9 nitrogen and oxygen atoms in total. The maximum Gasteiger partial charge on any atom is 0.152 e. The van der Waals surface area contributed by atoms with Crippen molar-refractivity contribution in [2.45, 2.75) is 58.9 Å². The van der Waals surface area contributed by atoms with Gasteiger partial charge >= 0.3 is 0 Å². The normalized spacial score (nSPS) is 15.0. The van der Waals surface area contributed by atoms with E-state index in [2.05, 4.69) is 60.6 Å². The number of anilines is 2. The van der Waals surface area contributed by atoms with Crippen molar-refractivity contribution in [1.29, 1.82) is 0 Å². The molecule has 220 valence electrons. The second kappa shape index (κ2) is 13.7. The first-order valence-electron chi connectivity index (χ1n) is 15.1. The number of unbranched alkanes of at least 4 members (excludes halogenated alkanes) is 2. The molecule has 0 saturated carbocycles. The number of rotatable bonds is 15. The van der Waals surface area contributed by atoms with Crippen LogP contribution in [0.15, 0.2) is 18.2 Å². The quantitative estimate of drug-likeness (QED) is 0.224. The van der Waals surface area contributed by atoms with E-state index in [1.54, 1.807) is 6.92 Å². The minimum atomic E-state index is 0.181. The number of aryl methyl sites for hydroxylation is 2. The van der Waals surface area contributed by atoms with Gasteiger partial charge in [0.05, 0.1) is 44.9 Å². The first-order chi connectivity index (χ1) is 19.2. The van der Waals surface area contributed by atoms with Gasteiger partial charge in [-0.1, -0.05) is 13.3 Å². The van der Waals surface area contributed by atoms with Crippen molar-refractivity contribution < 1.29 is 14.0 Å². The number of nitrogens with two attached hydrogens (primary N) is 1. The average molecular weight is 553 g/mol. The van der Waals surface area contributed by atoms with Gasteiger partial charge in [-0.2, -0.15) is 0 Å². The van der Waals surface area contributed by atoms with Gasteiger partial charge in [-0.25, -0.2) is 9.97 Å². The third kappa shape index (κ3) is 7.71. The lowest BCUT2D eigenvalue weighted by Crippen LogP contribution is -2.44. The summed E-state index contributed by atoms with van der Waals surface area (Å²) in [6.07, 6.45) is 5.86. The Morgan fingerprint density at radius 3 is 2.55 bits per heavy atom. The third-order valence-corrected chi connectivity index (χ3v) is 8.22. The summed E-state index contributed by atoms with van der Waals surface area (Å²) in [6, 6.07) is 6.62. The van der Waals surface area contributed by atoms with Crippen LogP contribution in [0.25, 0.3) is 21.9 Å². The summed E-state index contributed by atoms with van der Waals surface area (Å²) in [6.45, 7) is 12.2. The Kier molecular flexibility index (Phi) is 10.4. The Balaban J connectivity index is 1.52. The maximum absolute atomic E-state index is 11.1. The standard InChI is InChI=1S/C31H50N7O2/c1-6-7-10-28-34-29-30(37(28)14-8-9-19-38(4,5)20-22-40-21-13-24(2)39)26-23-25(11-12-27(26)33-31(29)32)36-17-15-35(3)16-18-36/h11-12,23H,6-10,13-22H2,1-5H3,(H2,32,33)/q+1. The molecule has 0 radical (unpaired) electrons. The number of pyridine rings is 1. The number of piperazine rings is 1. The van der Waals surface area contributed by atoms with Crippen LogP contribution in [0.4, 0.5) is 11.5 Å². The van der Waals surface area contributed by atoms with Crippen LogP contribution in [-0.2, 0) is 22.5 Å². The lowest BCUT2D eigenvalue weighted by molar-refractivity contribution is -0.891. The molecule has 4 rings (SSSR count). The molecule has 0 amide bonds. The van der Waals surface area contributed by atoms with E-state index in [4.69, 9.17) is 20.4 Å². The topological polar surface area (TPSA) is 89.5 Å². The summed E-state index contributed by atoms with van der Waals surface area (Å²) in [5.74, 6) is 1.82. The highest BCUT2D eigenvalue weighted by molar-refractivity contribution is 6.07. The number of aromatic nitrogens is 3. The number of carbonyl (C=O) groups is 1. The molecule has 0 atom stereocenters. The average Bonchev–Trinajstić information content (AvgIpc) is 3.29. The molecular weight excluding hydrogens is 502 g/mol.